The van der Waals surface area contributed by atoms with Crippen LogP contribution in [0.3, 0.4) is 0 Å². The number of hydrogen-bond donors (Lipinski definition) is 5. The van der Waals surface area contributed by atoms with Gasteiger partial charge in [0.25, 0.3) is 10.8 Å². The van der Waals surface area contributed by atoms with Crippen LogP contribution in [0, 0.1) is 38.0 Å². The number of non-ortho nitro benzene ring substituents is 1. The van der Waals surface area contributed by atoms with Gasteiger partial charge in [0.1, 0.15) is 0 Å². The first-order chi connectivity index (χ1) is 20.8. The molecular weight excluding hydrogens is 807 g/mol. The summed E-state index contributed by atoms with van der Waals surface area (Å²) in [6.45, 7) is 0. The maximum atomic E-state index is 10.6. The Hall–Kier alpha value is -3.63. The number of hydrogen-bond acceptors (Lipinski definition) is 8. The number of benzene rings is 3. The summed E-state index contributed by atoms with van der Waals surface area (Å²) in [5, 5.41) is 50.1. The Morgan fingerprint density at radius 1 is 0.617 bits per heavy atom. The van der Waals surface area contributed by atoms with E-state index >= 15 is 0 Å². The molecule has 2 radical (unpaired) electrons. The number of halogens is 1. The van der Waals surface area contributed by atoms with Gasteiger partial charge in [-0.25, -0.2) is 0 Å². The second-order valence-corrected chi connectivity index (χ2v) is 10.5. The van der Waals surface area contributed by atoms with Gasteiger partial charge in [0.2, 0.25) is 0 Å². The summed E-state index contributed by atoms with van der Waals surface area (Å²) in [7, 11) is 0. The first kappa shape index (κ1) is 43.4. The van der Waals surface area contributed by atoms with Crippen molar-refractivity contribution in [2.24, 2.45) is 17.8 Å². The first-order valence-corrected chi connectivity index (χ1v) is 13.5. The molecule has 0 heterocycles. The third kappa shape index (κ3) is 13.9. The SMILES string of the molecule is Nc1ccc(C2CC2C(=O)O)cc1.O=C(O)C1CC1c1ccc([N+](=O)[O-])cc1.O=C(O)C1CC1c1ccccc1.O=[N+]([O-])O.[I-].[V].[V]. The average molecular weight is 838 g/mol. The van der Waals surface area contributed by atoms with Crippen molar-refractivity contribution in [3.63, 3.8) is 0 Å². The fourth-order valence-electron chi connectivity index (χ4n) is 4.80. The average Bonchev–Trinajstić information content (AvgIpc) is 3.85. The molecule has 3 saturated carbocycles. The minimum Gasteiger partial charge on any atom is -1.00 e. The molecule has 6 N–H and O–H groups in total. The Labute approximate surface area is 309 Å². The molecule has 47 heavy (non-hydrogen) atoms. The van der Waals surface area contributed by atoms with Gasteiger partial charge in [-0.3, -0.25) is 24.5 Å². The molecule has 0 aliphatic heterocycles. The van der Waals surface area contributed by atoms with E-state index in [0.29, 0.717) is 6.42 Å². The zero-order chi connectivity index (χ0) is 32.6. The predicted octanol–water partition coefficient (Wildman–Crippen LogP) is 1.77. The number of carbonyl (C=O) groups is 3. The second kappa shape index (κ2) is 19.9. The van der Waals surface area contributed by atoms with Crippen LogP contribution in [0.4, 0.5) is 11.4 Å². The summed E-state index contributed by atoms with van der Waals surface area (Å²) in [6.07, 6.45) is 2.20. The molecule has 3 aromatic rings. The molecule has 6 unspecified atom stereocenters. The summed E-state index contributed by atoms with van der Waals surface area (Å²) in [5.41, 5.74) is 9.39. The molecule has 0 saturated heterocycles. The Kier molecular flexibility index (Phi) is 18.4. The van der Waals surface area contributed by atoms with Crippen LogP contribution in [0.1, 0.15) is 53.7 Å². The predicted molar refractivity (Wildman–Crippen MR) is 155 cm³/mol. The monoisotopic (exact) mass is 838 g/mol. The van der Waals surface area contributed by atoms with E-state index in [4.69, 9.17) is 36.4 Å². The van der Waals surface area contributed by atoms with Crippen LogP contribution in [0.2, 0.25) is 0 Å². The number of rotatable bonds is 7. The number of nitrogens with two attached hydrogens (primary N) is 1. The molecule has 6 rings (SSSR count). The number of nitro groups is 1. The van der Waals surface area contributed by atoms with Crippen LogP contribution in [0.15, 0.2) is 78.9 Å². The summed E-state index contributed by atoms with van der Waals surface area (Å²) in [6, 6.07) is 23.4. The van der Waals surface area contributed by atoms with Gasteiger partial charge in [-0.1, -0.05) is 54.6 Å². The molecule has 250 valence electrons. The molecule has 0 amide bonds. The summed E-state index contributed by atoms with van der Waals surface area (Å²) >= 11 is 0. The number of nitrogen functional groups attached to an aromatic ring is 1. The summed E-state index contributed by atoms with van der Waals surface area (Å²) in [5.74, 6) is -2.27. The van der Waals surface area contributed by atoms with Gasteiger partial charge in [-0.2, -0.15) is 0 Å². The van der Waals surface area contributed by atoms with Gasteiger partial charge in [0.15, 0.2) is 0 Å². The van der Waals surface area contributed by atoms with Crippen LogP contribution in [0.25, 0.3) is 0 Å². The van der Waals surface area contributed by atoms with Gasteiger partial charge < -0.3 is 50.2 Å². The Morgan fingerprint density at radius 2 is 0.915 bits per heavy atom. The van der Waals surface area contributed by atoms with E-state index in [2.05, 4.69) is 0 Å². The van der Waals surface area contributed by atoms with E-state index in [9.17, 15) is 24.5 Å². The number of carboxylic acid groups (broad SMARTS) is 3. The minimum absolute atomic E-state index is 0. The van der Waals surface area contributed by atoms with Crippen LogP contribution in [-0.2, 0) is 51.5 Å². The fourth-order valence-corrected chi connectivity index (χ4v) is 4.80. The Bertz CT molecular complexity index is 1500. The first-order valence-electron chi connectivity index (χ1n) is 13.5. The second-order valence-electron chi connectivity index (χ2n) is 10.5. The van der Waals surface area contributed by atoms with Crippen molar-refractivity contribution in [3.05, 3.63) is 116 Å². The van der Waals surface area contributed by atoms with Crippen molar-refractivity contribution in [3.8, 4) is 0 Å². The van der Waals surface area contributed by atoms with Crippen LogP contribution in [0.5, 0.6) is 0 Å². The van der Waals surface area contributed by atoms with E-state index < -0.39 is 27.9 Å². The van der Waals surface area contributed by atoms with Crippen LogP contribution >= 0.6 is 0 Å². The molecule has 3 aliphatic carbocycles. The third-order valence-electron chi connectivity index (χ3n) is 7.45. The number of anilines is 1. The molecule has 14 nitrogen and oxygen atoms in total. The summed E-state index contributed by atoms with van der Waals surface area (Å²) in [4.78, 5) is 50.0. The molecule has 3 aromatic carbocycles. The van der Waals surface area contributed by atoms with E-state index in [1.165, 1.54) is 12.1 Å². The maximum absolute atomic E-state index is 10.6. The fraction of sp³-hybridized carbons (Fsp3) is 0.300. The number of aliphatic carboxylic acids is 3. The molecule has 0 bridgehead atoms. The van der Waals surface area contributed by atoms with Gasteiger partial charge in [-0.05, 0) is 65.8 Å². The van der Waals surface area contributed by atoms with Crippen molar-refractivity contribution in [2.75, 3.05) is 5.73 Å². The molecule has 0 aromatic heterocycles. The van der Waals surface area contributed by atoms with E-state index in [-0.39, 0.29) is 102 Å². The Balaban J connectivity index is 0.000000622. The van der Waals surface area contributed by atoms with Gasteiger partial charge in [0.05, 0.1) is 22.7 Å². The van der Waals surface area contributed by atoms with Gasteiger partial charge >= 0.3 is 17.9 Å². The van der Waals surface area contributed by atoms with Crippen molar-refractivity contribution >= 4 is 29.3 Å². The topological polar surface area (TPSA) is 244 Å². The normalized spacial score (nSPS) is 21.9. The maximum Gasteiger partial charge on any atom is 0.307 e. The third-order valence-corrected chi connectivity index (χ3v) is 7.45. The van der Waals surface area contributed by atoms with Gasteiger partial charge in [-0.15, -0.1) is 10.1 Å². The zero-order valence-electron chi connectivity index (χ0n) is 24.5. The van der Waals surface area contributed by atoms with Gasteiger partial charge in [0, 0.05) is 54.9 Å². The van der Waals surface area contributed by atoms with Crippen molar-refractivity contribution in [1.29, 1.82) is 0 Å². The quantitative estimate of drug-likeness (QED) is 0.0990. The summed E-state index contributed by atoms with van der Waals surface area (Å²) < 4.78 is 0. The molecule has 6 atom stereocenters. The molecular formula is C30H31IN3O11V2-. The number of nitrogens with zero attached hydrogens (tertiary/aromatic N) is 2. The van der Waals surface area contributed by atoms with E-state index in [0.717, 1.165) is 35.2 Å². The number of carboxylic acids is 3. The van der Waals surface area contributed by atoms with Crippen molar-refractivity contribution < 1.29 is 106 Å². The smallest absolute Gasteiger partial charge is 0.307 e. The molecule has 3 fully saturated rings. The minimum atomic E-state index is -1.50. The molecule has 0 spiro atoms. The van der Waals surface area contributed by atoms with Crippen LogP contribution in [-0.4, -0.2) is 48.4 Å². The standard InChI is InChI=1S/C10H9NO4.C10H11NO2.C10H10O2.HI.HNO3.2V/c12-10(13)9-5-8(9)6-1-3-7(4-2-6)11(14)15;11-7-3-1-6(2-4-7)8-5-9(8)10(12)13;11-10(12)9-6-8(9)7-4-2-1-3-5-7;;2-1(3)4;;/h1-4,8-9H,5H2,(H,12,13);1-4,8-9H,5,11H2,(H,12,13);1-5,8-9H,6H2,(H,11,12);1H;(H,2,3,4);;/p-1. The van der Waals surface area contributed by atoms with Crippen molar-refractivity contribution in [2.45, 2.75) is 37.0 Å². The largest absolute Gasteiger partial charge is 1.00 e. The Morgan fingerprint density at radius 3 is 1.19 bits per heavy atom. The number of nitro benzene ring substituents is 1. The zero-order valence-corrected chi connectivity index (χ0v) is 29.4. The molecule has 3 aliphatic rings. The van der Waals surface area contributed by atoms with E-state index in [1.54, 1.807) is 12.1 Å². The molecule has 17 heteroatoms. The van der Waals surface area contributed by atoms with Crippen molar-refractivity contribution in [1.82, 2.24) is 0 Å². The van der Waals surface area contributed by atoms with Crippen LogP contribution < -0.4 is 29.7 Å². The van der Waals surface area contributed by atoms with E-state index in [1.807, 2.05) is 54.6 Å².